The van der Waals surface area contributed by atoms with Crippen LogP contribution in [0.15, 0.2) is 47.4 Å². The number of hydrogen-bond donors (Lipinski definition) is 1. The Morgan fingerprint density at radius 1 is 1.18 bits per heavy atom. The van der Waals surface area contributed by atoms with E-state index >= 15 is 0 Å². The zero-order valence-corrected chi connectivity index (χ0v) is 17.3. The molecule has 148 valence electrons. The molecule has 1 fully saturated rings. The Kier molecular flexibility index (Phi) is 6.31. The van der Waals surface area contributed by atoms with Gasteiger partial charge in [0.2, 0.25) is 0 Å². The van der Waals surface area contributed by atoms with Crippen LogP contribution < -0.4 is 0 Å². The van der Waals surface area contributed by atoms with Crippen molar-refractivity contribution in [2.75, 3.05) is 27.2 Å². The van der Waals surface area contributed by atoms with Crippen molar-refractivity contribution >= 4 is 28.8 Å². The van der Waals surface area contributed by atoms with Crippen LogP contribution in [-0.2, 0) is 16.0 Å². The first-order chi connectivity index (χ1) is 13.4. The van der Waals surface area contributed by atoms with Gasteiger partial charge in [0.15, 0.2) is 0 Å². The number of aliphatic hydroxyl groups excluding tert-OH is 1. The molecule has 0 radical (unpaired) electrons. The zero-order chi connectivity index (χ0) is 20.3. The summed E-state index contributed by atoms with van der Waals surface area (Å²) in [6, 6.07) is 10.8. The van der Waals surface area contributed by atoms with Gasteiger partial charge in [-0.1, -0.05) is 37.3 Å². The number of amides is 1. The Morgan fingerprint density at radius 3 is 2.46 bits per heavy atom. The van der Waals surface area contributed by atoms with Gasteiger partial charge in [-0.05, 0) is 50.5 Å². The minimum absolute atomic E-state index is 0.102. The van der Waals surface area contributed by atoms with E-state index in [1.807, 2.05) is 48.6 Å². The minimum Gasteiger partial charge on any atom is -0.507 e. The normalized spacial score (nSPS) is 19.0. The number of aliphatic hydroxyl groups is 1. The average Bonchev–Trinajstić information content (AvgIpc) is 3.29. The maximum absolute atomic E-state index is 12.8. The highest BCUT2D eigenvalue weighted by atomic mass is 32.1. The highest BCUT2D eigenvalue weighted by Crippen LogP contribution is 2.41. The maximum Gasteiger partial charge on any atom is 0.295 e. The molecule has 1 N–H and O–H groups in total. The Balaban J connectivity index is 2.01. The van der Waals surface area contributed by atoms with Gasteiger partial charge in [-0.25, -0.2) is 0 Å². The molecule has 0 spiro atoms. The second-order valence-electron chi connectivity index (χ2n) is 7.22. The van der Waals surface area contributed by atoms with Gasteiger partial charge in [-0.2, -0.15) is 0 Å². The highest BCUT2D eigenvalue weighted by Gasteiger charge is 2.46. The van der Waals surface area contributed by atoms with Crippen molar-refractivity contribution < 1.29 is 14.7 Å². The standard InChI is InChI=1S/C22H26N2O3S/c1-4-15-8-10-16(11-9-15)20(25)18-19(17-7-5-14-28-17)24(22(27)21(18)26)13-6-12-23(2)3/h5,7-11,14,19,25H,4,6,12-13H2,1-3H3/b20-18-. The Bertz CT molecular complexity index is 870. The number of benzene rings is 1. The van der Waals surface area contributed by atoms with E-state index < -0.39 is 17.7 Å². The summed E-state index contributed by atoms with van der Waals surface area (Å²) in [5.41, 5.74) is 1.89. The summed E-state index contributed by atoms with van der Waals surface area (Å²) in [6.45, 7) is 3.35. The fourth-order valence-corrected chi connectivity index (χ4v) is 4.31. The van der Waals surface area contributed by atoms with Crippen molar-refractivity contribution in [1.82, 2.24) is 9.80 Å². The Morgan fingerprint density at radius 2 is 1.89 bits per heavy atom. The molecule has 3 rings (SSSR count). The van der Waals surface area contributed by atoms with Crippen LogP contribution in [0, 0.1) is 0 Å². The Hall–Kier alpha value is -2.44. The lowest BCUT2D eigenvalue weighted by molar-refractivity contribution is -0.139. The molecule has 0 aliphatic carbocycles. The second kappa shape index (κ2) is 8.71. The number of likely N-dealkylation sites (tertiary alicyclic amines) is 1. The highest BCUT2D eigenvalue weighted by molar-refractivity contribution is 7.10. The van der Waals surface area contributed by atoms with Gasteiger partial charge in [-0.15, -0.1) is 11.3 Å². The molecule has 1 atom stereocenters. The van der Waals surface area contributed by atoms with Crippen molar-refractivity contribution in [1.29, 1.82) is 0 Å². The summed E-state index contributed by atoms with van der Waals surface area (Å²) in [5.74, 6) is -1.25. The van der Waals surface area contributed by atoms with E-state index in [1.165, 1.54) is 11.3 Å². The molecule has 1 aromatic heterocycles. The fraction of sp³-hybridized carbons (Fsp3) is 0.364. The lowest BCUT2D eigenvalue weighted by Crippen LogP contribution is -2.32. The van der Waals surface area contributed by atoms with Crippen LogP contribution in [0.2, 0.25) is 0 Å². The number of rotatable bonds is 7. The predicted octanol–water partition coefficient (Wildman–Crippen LogP) is 3.68. The summed E-state index contributed by atoms with van der Waals surface area (Å²) in [4.78, 5) is 30.1. The largest absolute Gasteiger partial charge is 0.507 e. The maximum atomic E-state index is 12.8. The molecule has 0 saturated carbocycles. The second-order valence-corrected chi connectivity index (χ2v) is 8.19. The quantitative estimate of drug-likeness (QED) is 0.439. The third-order valence-electron chi connectivity index (χ3n) is 4.99. The molecule has 0 bridgehead atoms. The van der Waals surface area contributed by atoms with Gasteiger partial charge in [0, 0.05) is 17.0 Å². The number of thiophene rings is 1. The third-order valence-corrected chi connectivity index (χ3v) is 5.92. The van der Waals surface area contributed by atoms with Crippen molar-refractivity contribution in [3.63, 3.8) is 0 Å². The minimum atomic E-state index is -0.611. The van der Waals surface area contributed by atoms with E-state index in [2.05, 4.69) is 6.92 Å². The monoisotopic (exact) mass is 398 g/mol. The molecule has 1 aliphatic heterocycles. The smallest absolute Gasteiger partial charge is 0.295 e. The van der Waals surface area contributed by atoms with Crippen molar-refractivity contribution in [3.8, 4) is 0 Å². The van der Waals surface area contributed by atoms with Gasteiger partial charge in [-0.3, -0.25) is 9.59 Å². The number of carbonyl (C=O) groups is 2. The van der Waals surface area contributed by atoms with E-state index in [1.54, 1.807) is 17.0 Å². The first-order valence-electron chi connectivity index (χ1n) is 9.50. The molecular formula is C22H26N2O3S. The lowest BCUT2D eigenvalue weighted by atomic mass is 9.99. The van der Waals surface area contributed by atoms with Gasteiger partial charge in [0.25, 0.3) is 11.7 Å². The topological polar surface area (TPSA) is 60.9 Å². The summed E-state index contributed by atoms with van der Waals surface area (Å²) < 4.78 is 0. The molecule has 1 aromatic carbocycles. The first kappa shape index (κ1) is 20.3. The van der Waals surface area contributed by atoms with Gasteiger partial charge in [0.1, 0.15) is 5.76 Å². The third kappa shape index (κ3) is 4.03. The van der Waals surface area contributed by atoms with E-state index in [4.69, 9.17) is 0 Å². The predicted molar refractivity (Wildman–Crippen MR) is 112 cm³/mol. The summed E-state index contributed by atoms with van der Waals surface area (Å²) in [5, 5.41) is 12.9. The molecule has 1 aliphatic rings. The number of nitrogens with zero attached hydrogens (tertiary/aromatic N) is 2. The van der Waals surface area contributed by atoms with Crippen LogP contribution in [0.25, 0.3) is 5.76 Å². The van der Waals surface area contributed by atoms with E-state index in [0.717, 1.165) is 29.8 Å². The van der Waals surface area contributed by atoms with Gasteiger partial charge in [0.05, 0.1) is 11.6 Å². The molecular weight excluding hydrogens is 372 g/mol. The van der Waals surface area contributed by atoms with E-state index in [9.17, 15) is 14.7 Å². The summed E-state index contributed by atoms with van der Waals surface area (Å²) in [6.07, 6.45) is 1.65. The molecule has 2 aromatic rings. The van der Waals surface area contributed by atoms with Crippen LogP contribution >= 0.6 is 11.3 Å². The average molecular weight is 399 g/mol. The number of Topliss-reactive ketones (excluding diaryl/α,β-unsaturated/α-hetero) is 1. The summed E-state index contributed by atoms with van der Waals surface area (Å²) in [7, 11) is 3.95. The number of ketones is 1. The SMILES string of the molecule is CCc1ccc(/C(O)=C2/C(=O)C(=O)N(CCCN(C)C)C2c2cccs2)cc1. The van der Waals surface area contributed by atoms with Crippen LogP contribution in [0.5, 0.6) is 0 Å². The van der Waals surface area contributed by atoms with Crippen molar-refractivity contribution in [3.05, 3.63) is 63.4 Å². The Labute approximate surface area is 169 Å². The van der Waals surface area contributed by atoms with Gasteiger partial charge >= 0.3 is 0 Å². The van der Waals surface area contributed by atoms with E-state index in [-0.39, 0.29) is 11.3 Å². The number of aryl methyl sites for hydroxylation is 1. The number of carbonyl (C=O) groups excluding carboxylic acids is 2. The molecule has 2 heterocycles. The molecule has 6 heteroatoms. The number of hydrogen-bond acceptors (Lipinski definition) is 5. The fourth-order valence-electron chi connectivity index (χ4n) is 3.46. The van der Waals surface area contributed by atoms with Crippen molar-refractivity contribution in [2.45, 2.75) is 25.8 Å². The molecule has 1 unspecified atom stereocenters. The van der Waals surface area contributed by atoms with E-state index in [0.29, 0.717) is 12.1 Å². The van der Waals surface area contributed by atoms with Crippen LogP contribution in [0.3, 0.4) is 0 Å². The zero-order valence-electron chi connectivity index (χ0n) is 16.5. The van der Waals surface area contributed by atoms with Crippen LogP contribution in [0.1, 0.15) is 35.4 Å². The molecule has 1 amide bonds. The van der Waals surface area contributed by atoms with Crippen LogP contribution in [-0.4, -0.2) is 53.8 Å². The molecule has 1 saturated heterocycles. The summed E-state index contributed by atoms with van der Waals surface area (Å²) >= 11 is 1.49. The lowest BCUT2D eigenvalue weighted by Gasteiger charge is -2.24. The molecule has 5 nitrogen and oxygen atoms in total. The van der Waals surface area contributed by atoms with Crippen LogP contribution in [0.4, 0.5) is 0 Å². The first-order valence-corrected chi connectivity index (χ1v) is 10.4. The molecule has 28 heavy (non-hydrogen) atoms. The van der Waals surface area contributed by atoms with Crippen molar-refractivity contribution in [2.24, 2.45) is 0 Å². The van der Waals surface area contributed by atoms with Gasteiger partial charge < -0.3 is 14.9 Å².